The van der Waals surface area contributed by atoms with E-state index in [0.29, 0.717) is 5.25 Å². The van der Waals surface area contributed by atoms with Crippen molar-refractivity contribution < 1.29 is 0 Å². The number of rotatable bonds is 5. The standard InChI is InChI=1S/C16H21NS/c1-13(2)18-16(15-9-5-4-6-10-15)14(3)17-11-7-8-12-17/h4-6,9-10,16H,1,3,7-8,11-12H2,2H3. The quantitative estimate of drug-likeness (QED) is 0.760. The average Bonchev–Trinajstić information content (AvgIpc) is 2.90. The molecule has 0 amide bonds. The summed E-state index contributed by atoms with van der Waals surface area (Å²) in [7, 11) is 0. The number of thioether (sulfide) groups is 1. The molecule has 0 saturated carbocycles. The summed E-state index contributed by atoms with van der Waals surface area (Å²) >= 11 is 1.81. The van der Waals surface area contributed by atoms with E-state index >= 15 is 0 Å². The van der Waals surface area contributed by atoms with Crippen LogP contribution in [0.2, 0.25) is 0 Å². The summed E-state index contributed by atoms with van der Waals surface area (Å²) in [6, 6.07) is 10.6. The molecule has 0 spiro atoms. The molecule has 1 saturated heterocycles. The van der Waals surface area contributed by atoms with Crippen LogP contribution in [-0.4, -0.2) is 18.0 Å². The molecule has 1 aromatic carbocycles. The second kappa shape index (κ2) is 6.14. The van der Waals surface area contributed by atoms with E-state index in [1.807, 2.05) is 11.8 Å². The number of likely N-dealkylation sites (tertiary alicyclic amines) is 1. The first kappa shape index (κ1) is 13.3. The summed E-state index contributed by atoms with van der Waals surface area (Å²) in [5, 5.41) is 0.307. The summed E-state index contributed by atoms with van der Waals surface area (Å²) in [6.45, 7) is 12.7. The molecule has 1 atom stereocenters. The zero-order valence-corrected chi connectivity index (χ0v) is 11.9. The normalized spacial score (nSPS) is 16.6. The minimum Gasteiger partial charge on any atom is -0.374 e. The third-order valence-corrected chi connectivity index (χ3v) is 4.42. The van der Waals surface area contributed by atoms with Crippen molar-refractivity contribution in [2.24, 2.45) is 0 Å². The highest BCUT2D eigenvalue weighted by Gasteiger charge is 2.22. The lowest BCUT2D eigenvalue weighted by molar-refractivity contribution is 0.416. The van der Waals surface area contributed by atoms with E-state index in [4.69, 9.17) is 0 Å². The number of nitrogens with zero attached hydrogens (tertiary/aromatic N) is 1. The molecule has 0 bridgehead atoms. The summed E-state index contributed by atoms with van der Waals surface area (Å²) in [6.07, 6.45) is 2.58. The van der Waals surface area contributed by atoms with Crippen LogP contribution in [0.4, 0.5) is 0 Å². The Morgan fingerprint density at radius 2 is 1.78 bits per heavy atom. The number of benzene rings is 1. The van der Waals surface area contributed by atoms with Gasteiger partial charge in [-0.25, -0.2) is 0 Å². The lowest BCUT2D eigenvalue weighted by Gasteiger charge is -2.28. The van der Waals surface area contributed by atoms with Crippen molar-refractivity contribution in [1.29, 1.82) is 0 Å². The maximum absolute atomic E-state index is 4.33. The first-order chi connectivity index (χ1) is 8.68. The molecule has 18 heavy (non-hydrogen) atoms. The van der Waals surface area contributed by atoms with Crippen molar-refractivity contribution in [2.45, 2.75) is 25.0 Å². The first-order valence-electron chi connectivity index (χ1n) is 6.49. The Labute approximate surface area is 115 Å². The molecule has 1 aliphatic rings. The molecular weight excluding hydrogens is 238 g/mol. The Balaban J connectivity index is 2.19. The van der Waals surface area contributed by atoms with Gasteiger partial charge in [-0.1, -0.05) is 43.5 Å². The van der Waals surface area contributed by atoms with E-state index in [9.17, 15) is 0 Å². The van der Waals surface area contributed by atoms with Crippen LogP contribution >= 0.6 is 11.8 Å². The molecule has 96 valence electrons. The van der Waals surface area contributed by atoms with Gasteiger partial charge in [-0.15, -0.1) is 11.8 Å². The summed E-state index contributed by atoms with van der Waals surface area (Å²) in [4.78, 5) is 3.57. The maximum Gasteiger partial charge on any atom is 0.0733 e. The van der Waals surface area contributed by atoms with Crippen molar-refractivity contribution >= 4 is 11.8 Å². The minimum absolute atomic E-state index is 0.307. The van der Waals surface area contributed by atoms with E-state index in [-0.39, 0.29) is 0 Å². The van der Waals surface area contributed by atoms with Crippen molar-refractivity contribution in [3.05, 3.63) is 59.7 Å². The molecule has 1 aliphatic heterocycles. The van der Waals surface area contributed by atoms with E-state index in [0.717, 1.165) is 18.0 Å². The van der Waals surface area contributed by atoms with E-state index in [1.165, 1.54) is 24.1 Å². The summed E-state index contributed by atoms with van der Waals surface area (Å²) in [5.74, 6) is 0. The average molecular weight is 259 g/mol. The van der Waals surface area contributed by atoms with Crippen LogP contribution in [0.25, 0.3) is 0 Å². The monoisotopic (exact) mass is 259 g/mol. The molecular formula is C16H21NS. The molecule has 1 fully saturated rings. The van der Waals surface area contributed by atoms with Gasteiger partial charge in [0.25, 0.3) is 0 Å². The SMILES string of the molecule is C=C(C)SC(C(=C)N1CCCC1)c1ccccc1. The third kappa shape index (κ3) is 3.20. The second-order valence-corrected chi connectivity index (χ2v) is 6.20. The highest BCUT2D eigenvalue weighted by Crippen LogP contribution is 2.40. The van der Waals surface area contributed by atoms with Crippen LogP contribution in [0.5, 0.6) is 0 Å². The minimum atomic E-state index is 0.307. The van der Waals surface area contributed by atoms with Crippen molar-refractivity contribution in [3.63, 3.8) is 0 Å². The van der Waals surface area contributed by atoms with E-state index < -0.39 is 0 Å². The van der Waals surface area contributed by atoms with Crippen LogP contribution in [0.3, 0.4) is 0 Å². The van der Waals surface area contributed by atoms with Gasteiger partial charge in [0.15, 0.2) is 0 Å². The van der Waals surface area contributed by atoms with E-state index in [1.54, 1.807) is 0 Å². The molecule has 1 unspecified atom stereocenters. The fraction of sp³-hybridized carbons (Fsp3) is 0.375. The predicted molar refractivity (Wildman–Crippen MR) is 81.5 cm³/mol. The van der Waals surface area contributed by atoms with Crippen LogP contribution in [0.15, 0.2) is 54.1 Å². The number of hydrogen-bond acceptors (Lipinski definition) is 2. The van der Waals surface area contributed by atoms with Gasteiger partial charge in [0.2, 0.25) is 0 Å². The third-order valence-electron chi connectivity index (χ3n) is 3.24. The number of hydrogen-bond donors (Lipinski definition) is 0. The Hall–Kier alpha value is -1.15. The predicted octanol–water partition coefficient (Wildman–Crippen LogP) is 4.60. The Morgan fingerprint density at radius 1 is 1.17 bits per heavy atom. The lowest BCUT2D eigenvalue weighted by Crippen LogP contribution is -2.21. The molecule has 2 heteroatoms. The van der Waals surface area contributed by atoms with Crippen LogP contribution < -0.4 is 0 Å². The van der Waals surface area contributed by atoms with Gasteiger partial charge in [-0.05, 0) is 30.2 Å². The number of allylic oxidation sites excluding steroid dienone is 1. The van der Waals surface area contributed by atoms with Gasteiger partial charge < -0.3 is 4.90 Å². The van der Waals surface area contributed by atoms with Gasteiger partial charge in [0.1, 0.15) is 0 Å². The summed E-state index contributed by atoms with van der Waals surface area (Å²) in [5.41, 5.74) is 2.55. The molecule has 1 heterocycles. The molecule has 0 aliphatic carbocycles. The van der Waals surface area contributed by atoms with Crippen molar-refractivity contribution in [1.82, 2.24) is 4.90 Å². The van der Waals surface area contributed by atoms with Gasteiger partial charge in [-0.2, -0.15) is 0 Å². The smallest absolute Gasteiger partial charge is 0.0733 e. The van der Waals surface area contributed by atoms with Crippen LogP contribution in [-0.2, 0) is 0 Å². The second-order valence-electron chi connectivity index (χ2n) is 4.80. The Bertz CT molecular complexity index is 418. The fourth-order valence-electron chi connectivity index (χ4n) is 2.33. The van der Waals surface area contributed by atoms with Gasteiger partial charge in [-0.3, -0.25) is 0 Å². The summed E-state index contributed by atoms with van der Waals surface area (Å²) < 4.78 is 0. The molecule has 0 aromatic heterocycles. The molecule has 2 rings (SSSR count). The lowest BCUT2D eigenvalue weighted by atomic mass is 10.1. The molecule has 1 aromatic rings. The molecule has 1 nitrogen and oxygen atoms in total. The maximum atomic E-state index is 4.33. The van der Waals surface area contributed by atoms with E-state index in [2.05, 4.69) is 55.3 Å². The van der Waals surface area contributed by atoms with Crippen molar-refractivity contribution in [3.8, 4) is 0 Å². The van der Waals surface area contributed by atoms with Crippen LogP contribution in [0, 0.1) is 0 Å². The molecule has 0 N–H and O–H groups in total. The highest BCUT2D eigenvalue weighted by molar-refractivity contribution is 8.03. The zero-order valence-electron chi connectivity index (χ0n) is 11.1. The van der Waals surface area contributed by atoms with Gasteiger partial charge in [0.05, 0.1) is 5.25 Å². The Morgan fingerprint density at radius 3 is 2.33 bits per heavy atom. The van der Waals surface area contributed by atoms with Gasteiger partial charge >= 0.3 is 0 Å². The topological polar surface area (TPSA) is 3.24 Å². The first-order valence-corrected chi connectivity index (χ1v) is 7.37. The highest BCUT2D eigenvalue weighted by atomic mass is 32.2. The Kier molecular flexibility index (Phi) is 4.54. The zero-order chi connectivity index (χ0) is 13.0. The molecule has 0 radical (unpaired) electrons. The fourth-order valence-corrected chi connectivity index (χ4v) is 3.31. The van der Waals surface area contributed by atoms with Gasteiger partial charge in [0, 0.05) is 18.8 Å². The van der Waals surface area contributed by atoms with Crippen molar-refractivity contribution in [2.75, 3.05) is 13.1 Å². The largest absolute Gasteiger partial charge is 0.374 e. The van der Waals surface area contributed by atoms with Crippen LogP contribution in [0.1, 0.15) is 30.6 Å².